The fourth-order valence-electron chi connectivity index (χ4n) is 3.44. The van der Waals surface area contributed by atoms with E-state index < -0.39 is 0 Å². The Morgan fingerprint density at radius 1 is 1.28 bits per heavy atom. The van der Waals surface area contributed by atoms with Crippen LogP contribution in [0, 0.1) is 12.8 Å². The van der Waals surface area contributed by atoms with Crippen molar-refractivity contribution in [2.24, 2.45) is 5.92 Å². The lowest BCUT2D eigenvalue weighted by Crippen LogP contribution is -2.16. The van der Waals surface area contributed by atoms with Crippen LogP contribution in [0.5, 0.6) is 11.5 Å². The number of aryl methyl sites for hydroxylation is 1. The number of methoxy groups -OCH3 is 2. The molecule has 2 N–H and O–H groups in total. The lowest BCUT2D eigenvalue weighted by molar-refractivity contribution is -0.117. The molecule has 0 saturated heterocycles. The standard InChI is InChI=1S/C19H25N3O3/c1-12-18(20-17(23)10-13-6-4-5-7-13)19(22-21-12)15-11-14(24-2)8-9-16(15)25-3/h8-9,11,13H,4-7,10H2,1-3H3,(H,20,23)(H,21,22). The summed E-state index contributed by atoms with van der Waals surface area (Å²) < 4.78 is 10.8. The smallest absolute Gasteiger partial charge is 0.224 e. The van der Waals surface area contributed by atoms with Gasteiger partial charge in [0.25, 0.3) is 0 Å². The number of aromatic amines is 1. The molecule has 1 aliphatic carbocycles. The Morgan fingerprint density at radius 3 is 2.72 bits per heavy atom. The van der Waals surface area contributed by atoms with Crippen LogP contribution in [0.25, 0.3) is 11.3 Å². The lowest BCUT2D eigenvalue weighted by atomic mass is 10.0. The van der Waals surface area contributed by atoms with Crippen molar-refractivity contribution in [2.75, 3.05) is 19.5 Å². The van der Waals surface area contributed by atoms with Crippen molar-refractivity contribution in [3.05, 3.63) is 23.9 Å². The highest BCUT2D eigenvalue weighted by atomic mass is 16.5. The van der Waals surface area contributed by atoms with Crippen LogP contribution < -0.4 is 14.8 Å². The first-order valence-corrected chi connectivity index (χ1v) is 8.69. The Bertz CT molecular complexity index is 748. The fraction of sp³-hybridized carbons (Fsp3) is 0.474. The zero-order chi connectivity index (χ0) is 17.8. The molecule has 1 aromatic carbocycles. The molecule has 0 spiro atoms. The number of ether oxygens (including phenoxy) is 2. The van der Waals surface area contributed by atoms with Crippen LogP contribution in [0.15, 0.2) is 18.2 Å². The van der Waals surface area contributed by atoms with Crippen LogP contribution in [-0.4, -0.2) is 30.3 Å². The Morgan fingerprint density at radius 2 is 2.04 bits per heavy atom. The minimum atomic E-state index is 0.0412. The van der Waals surface area contributed by atoms with Crippen molar-refractivity contribution in [3.8, 4) is 22.8 Å². The highest BCUT2D eigenvalue weighted by Gasteiger charge is 2.22. The van der Waals surface area contributed by atoms with E-state index in [1.807, 2.05) is 25.1 Å². The van der Waals surface area contributed by atoms with Crippen molar-refractivity contribution in [1.29, 1.82) is 0 Å². The number of carbonyl (C=O) groups is 1. The molecule has 0 atom stereocenters. The molecule has 3 rings (SSSR count). The van der Waals surface area contributed by atoms with Crippen LogP contribution in [0.1, 0.15) is 37.8 Å². The zero-order valence-electron chi connectivity index (χ0n) is 15.0. The molecule has 0 unspecified atom stereocenters. The molecule has 0 aliphatic heterocycles. The summed E-state index contributed by atoms with van der Waals surface area (Å²) in [4.78, 5) is 12.5. The summed E-state index contributed by atoms with van der Waals surface area (Å²) in [6, 6.07) is 5.53. The van der Waals surface area contributed by atoms with Gasteiger partial charge in [-0.15, -0.1) is 0 Å². The average molecular weight is 343 g/mol. The first-order chi connectivity index (χ1) is 12.1. The molecule has 1 aliphatic rings. The van der Waals surface area contributed by atoms with Crippen molar-refractivity contribution >= 4 is 11.6 Å². The second kappa shape index (κ2) is 7.59. The molecule has 134 valence electrons. The van der Waals surface area contributed by atoms with Crippen molar-refractivity contribution in [3.63, 3.8) is 0 Å². The second-order valence-electron chi connectivity index (χ2n) is 6.54. The van der Waals surface area contributed by atoms with E-state index in [4.69, 9.17) is 9.47 Å². The normalized spacial score (nSPS) is 14.5. The third-order valence-corrected chi connectivity index (χ3v) is 4.82. The molecule has 1 aromatic heterocycles. The monoisotopic (exact) mass is 343 g/mol. The number of benzene rings is 1. The average Bonchev–Trinajstić information content (AvgIpc) is 3.25. The number of anilines is 1. The van der Waals surface area contributed by atoms with Crippen LogP contribution in [0.2, 0.25) is 0 Å². The van der Waals surface area contributed by atoms with Gasteiger partial charge in [-0.3, -0.25) is 9.89 Å². The zero-order valence-corrected chi connectivity index (χ0v) is 15.0. The number of nitrogens with zero attached hydrogens (tertiary/aromatic N) is 1. The number of nitrogens with one attached hydrogen (secondary N) is 2. The van der Waals surface area contributed by atoms with Gasteiger partial charge in [0.2, 0.25) is 5.91 Å². The molecule has 25 heavy (non-hydrogen) atoms. The van der Waals surface area contributed by atoms with Gasteiger partial charge in [-0.05, 0) is 43.9 Å². The van der Waals surface area contributed by atoms with Crippen molar-refractivity contribution in [1.82, 2.24) is 10.2 Å². The number of carbonyl (C=O) groups excluding carboxylic acids is 1. The maximum Gasteiger partial charge on any atom is 0.224 e. The van der Waals surface area contributed by atoms with Gasteiger partial charge >= 0.3 is 0 Å². The number of amides is 1. The lowest BCUT2D eigenvalue weighted by Gasteiger charge is -2.13. The molecule has 6 nitrogen and oxygen atoms in total. The largest absolute Gasteiger partial charge is 0.497 e. The molecule has 6 heteroatoms. The van der Waals surface area contributed by atoms with Gasteiger partial charge in [-0.2, -0.15) is 5.10 Å². The van der Waals surface area contributed by atoms with E-state index in [2.05, 4.69) is 15.5 Å². The summed E-state index contributed by atoms with van der Waals surface area (Å²) in [5.74, 6) is 1.93. The highest BCUT2D eigenvalue weighted by molar-refractivity contribution is 5.96. The molecule has 0 bridgehead atoms. The van der Waals surface area contributed by atoms with Crippen LogP contribution in [-0.2, 0) is 4.79 Å². The van der Waals surface area contributed by atoms with E-state index in [1.165, 1.54) is 12.8 Å². The predicted molar refractivity (Wildman–Crippen MR) is 97.1 cm³/mol. The first kappa shape index (κ1) is 17.3. The van der Waals surface area contributed by atoms with Crippen LogP contribution in [0.3, 0.4) is 0 Å². The van der Waals surface area contributed by atoms with E-state index in [-0.39, 0.29) is 5.91 Å². The number of hydrogen-bond donors (Lipinski definition) is 2. The molecule has 1 heterocycles. The van der Waals surface area contributed by atoms with E-state index in [0.717, 1.165) is 24.1 Å². The third kappa shape index (κ3) is 3.78. The first-order valence-electron chi connectivity index (χ1n) is 8.69. The summed E-state index contributed by atoms with van der Waals surface area (Å²) in [5.41, 5.74) is 2.96. The maximum atomic E-state index is 12.5. The Hall–Kier alpha value is -2.50. The molecule has 2 aromatic rings. The molecule has 1 amide bonds. The Balaban J connectivity index is 1.87. The van der Waals surface area contributed by atoms with Gasteiger partial charge in [0.15, 0.2) is 0 Å². The number of hydrogen-bond acceptors (Lipinski definition) is 4. The van der Waals surface area contributed by atoms with Gasteiger partial charge in [0.05, 0.1) is 25.6 Å². The van der Waals surface area contributed by atoms with E-state index >= 15 is 0 Å². The van der Waals surface area contributed by atoms with Gasteiger partial charge in [0, 0.05) is 12.0 Å². The van der Waals surface area contributed by atoms with E-state index in [1.54, 1.807) is 14.2 Å². The maximum absolute atomic E-state index is 12.5. The summed E-state index contributed by atoms with van der Waals surface area (Å²) in [5, 5.41) is 10.4. The fourth-order valence-corrected chi connectivity index (χ4v) is 3.44. The van der Waals surface area contributed by atoms with Gasteiger partial charge in [-0.25, -0.2) is 0 Å². The summed E-state index contributed by atoms with van der Waals surface area (Å²) in [6.07, 6.45) is 5.33. The van der Waals surface area contributed by atoms with Gasteiger partial charge in [0.1, 0.15) is 17.2 Å². The minimum Gasteiger partial charge on any atom is -0.497 e. The summed E-state index contributed by atoms with van der Waals surface area (Å²) in [7, 11) is 3.23. The Labute approximate surface area is 147 Å². The number of aromatic nitrogens is 2. The highest BCUT2D eigenvalue weighted by Crippen LogP contribution is 2.37. The molecular formula is C19H25N3O3. The molecular weight excluding hydrogens is 318 g/mol. The van der Waals surface area contributed by atoms with Gasteiger partial charge < -0.3 is 14.8 Å². The summed E-state index contributed by atoms with van der Waals surface area (Å²) >= 11 is 0. The van der Waals surface area contributed by atoms with Crippen molar-refractivity contribution < 1.29 is 14.3 Å². The van der Waals surface area contributed by atoms with Crippen molar-refractivity contribution in [2.45, 2.75) is 39.0 Å². The number of rotatable bonds is 6. The molecule has 0 radical (unpaired) electrons. The number of H-pyrrole nitrogens is 1. The topological polar surface area (TPSA) is 76.2 Å². The molecule has 1 fully saturated rings. The van der Waals surface area contributed by atoms with E-state index in [0.29, 0.717) is 35.2 Å². The Kier molecular flexibility index (Phi) is 5.26. The van der Waals surface area contributed by atoms with Crippen LogP contribution in [0.4, 0.5) is 5.69 Å². The third-order valence-electron chi connectivity index (χ3n) is 4.82. The van der Waals surface area contributed by atoms with Crippen LogP contribution >= 0.6 is 0 Å². The molecule has 1 saturated carbocycles. The predicted octanol–water partition coefficient (Wildman–Crippen LogP) is 3.92. The SMILES string of the molecule is COc1ccc(OC)c(-c2n[nH]c(C)c2NC(=O)CC2CCCC2)c1. The van der Waals surface area contributed by atoms with Gasteiger partial charge in [-0.1, -0.05) is 12.8 Å². The second-order valence-corrected chi connectivity index (χ2v) is 6.54. The quantitative estimate of drug-likeness (QED) is 0.833. The summed E-state index contributed by atoms with van der Waals surface area (Å²) in [6.45, 7) is 1.90. The minimum absolute atomic E-state index is 0.0412. The van der Waals surface area contributed by atoms with E-state index in [9.17, 15) is 4.79 Å².